The Morgan fingerprint density at radius 2 is 1.89 bits per heavy atom. The van der Waals surface area contributed by atoms with Gasteiger partial charge in [0, 0.05) is 25.2 Å². The minimum absolute atomic E-state index is 0.0211. The molecule has 1 aromatic rings. The van der Waals surface area contributed by atoms with Gasteiger partial charge in [0.15, 0.2) is 6.79 Å². The first-order valence-corrected chi connectivity index (χ1v) is 9.20. The molecule has 0 saturated carbocycles. The molecule has 2 aliphatic heterocycles. The molecule has 148 valence electrons. The predicted molar refractivity (Wildman–Crippen MR) is 101 cm³/mol. The van der Waals surface area contributed by atoms with E-state index in [1.165, 1.54) is 12.2 Å². The van der Waals surface area contributed by atoms with Crippen molar-refractivity contribution >= 4 is 23.1 Å². The summed E-state index contributed by atoms with van der Waals surface area (Å²) < 4.78 is 5.00. The molecule has 27 heavy (non-hydrogen) atoms. The quantitative estimate of drug-likeness (QED) is 0.771. The van der Waals surface area contributed by atoms with Crippen molar-refractivity contribution in [1.29, 1.82) is 0 Å². The molecule has 2 heterocycles. The molecule has 1 saturated heterocycles. The van der Waals surface area contributed by atoms with E-state index in [2.05, 4.69) is 0 Å². The summed E-state index contributed by atoms with van der Waals surface area (Å²) in [5, 5.41) is 14.9. The highest BCUT2D eigenvalue weighted by Gasteiger charge is 2.55. The number of hydrogen-bond acceptors (Lipinski definition) is 6. The standard InChI is InChI=1S/C19H25ClN2O5/c1-12-5-6-14(20)13(2)15(12)16-17(23)19(7-9-21(26-4)10-8-19)22(18(16)24)27-11-25-3/h5-6,23H,7-11H2,1-4H3. The summed E-state index contributed by atoms with van der Waals surface area (Å²) in [5.74, 6) is -0.364. The van der Waals surface area contributed by atoms with Gasteiger partial charge in [0.1, 0.15) is 11.3 Å². The number of nitrogens with zero attached hydrogens (tertiary/aromatic N) is 2. The van der Waals surface area contributed by atoms with Gasteiger partial charge < -0.3 is 14.7 Å². The average molecular weight is 397 g/mol. The summed E-state index contributed by atoms with van der Waals surface area (Å²) >= 11 is 6.29. The summed E-state index contributed by atoms with van der Waals surface area (Å²) in [6.45, 7) is 4.76. The number of hydrogen-bond donors (Lipinski definition) is 1. The first-order valence-electron chi connectivity index (χ1n) is 8.82. The average Bonchev–Trinajstić information content (AvgIpc) is 2.86. The lowest BCUT2D eigenvalue weighted by Crippen LogP contribution is -2.55. The smallest absolute Gasteiger partial charge is 0.282 e. The second kappa shape index (κ2) is 7.77. The summed E-state index contributed by atoms with van der Waals surface area (Å²) in [5.41, 5.74) is 1.58. The Hall–Kier alpha value is -1.64. The van der Waals surface area contributed by atoms with E-state index in [-0.39, 0.29) is 24.0 Å². The first kappa shape index (κ1) is 20.1. The molecular formula is C19H25ClN2O5. The zero-order valence-corrected chi connectivity index (χ0v) is 16.8. The molecule has 1 fully saturated rings. The number of carbonyl (C=O) groups excluding carboxylic acids is 1. The van der Waals surface area contributed by atoms with Crippen LogP contribution in [0.3, 0.4) is 0 Å². The normalized spacial score (nSPS) is 20.2. The van der Waals surface area contributed by atoms with Gasteiger partial charge in [-0.1, -0.05) is 17.7 Å². The van der Waals surface area contributed by atoms with E-state index in [0.717, 1.165) is 11.1 Å². The van der Waals surface area contributed by atoms with E-state index in [1.807, 2.05) is 19.9 Å². The lowest BCUT2D eigenvalue weighted by molar-refractivity contribution is -0.259. The van der Waals surface area contributed by atoms with Gasteiger partial charge in [-0.05, 0) is 49.4 Å². The fourth-order valence-corrected chi connectivity index (χ4v) is 4.08. The summed E-state index contributed by atoms with van der Waals surface area (Å²) in [4.78, 5) is 24.2. The lowest BCUT2D eigenvalue weighted by Gasteiger charge is -2.42. The lowest BCUT2D eigenvalue weighted by atomic mass is 9.85. The molecule has 0 atom stereocenters. The van der Waals surface area contributed by atoms with Crippen LogP contribution in [0.25, 0.3) is 5.57 Å². The maximum absolute atomic E-state index is 13.3. The maximum Gasteiger partial charge on any atom is 0.282 e. The molecule has 0 aromatic heterocycles. The first-order chi connectivity index (χ1) is 12.9. The molecule has 3 rings (SSSR count). The van der Waals surface area contributed by atoms with Crippen LogP contribution in [0.4, 0.5) is 0 Å². The second-order valence-electron chi connectivity index (χ2n) is 6.87. The molecule has 0 unspecified atom stereocenters. The van der Waals surface area contributed by atoms with E-state index in [9.17, 15) is 9.90 Å². The summed E-state index contributed by atoms with van der Waals surface area (Å²) in [6, 6.07) is 3.63. The molecule has 1 N–H and O–H groups in total. The van der Waals surface area contributed by atoms with Crippen LogP contribution in [-0.4, -0.2) is 60.8 Å². The van der Waals surface area contributed by atoms with Crippen LogP contribution in [0, 0.1) is 13.8 Å². The third-order valence-corrected chi connectivity index (χ3v) is 5.84. The van der Waals surface area contributed by atoms with Gasteiger partial charge in [0.2, 0.25) is 0 Å². The number of halogens is 1. The second-order valence-corrected chi connectivity index (χ2v) is 7.27. The van der Waals surface area contributed by atoms with Gasteiger partial charge in [-0.2, -0.15) is 5.06 Å². The number of amides is 1. The van der Waals surface area contributed by atoms with E-state index in [4.69, 9.17) is 26.0 Å². The van der Waals surface area contributed by atoms with Gasteiger partial charge in [-0.25, -0.2) is 9.90 Å². The minimum Gasteiger partial charge on any atom is -0.509 e. The van der Waals surface area contributed by atoms with Gasteiger partial charge in [-0.3, -0.25) is 4.79 Å². The topological polar surface area (TPSA) is 71.5 Å². The van der Waals surface area contributed by atoms with Crippen molar-refractivity contribution in [1.82, 2.24) is 10.1 Å². The fourth-order valence-electron chi connectivity index (χ4n) is 3.92. The molecule has 7 nitrogen and oxygen atoms in total. The van der Waals surface area contributed by atoms with Gasteiger partial charge in [0.05, 0.1) is 12.7 Å². The van der Waals surface area contributed by atoms with Crippen molar-refractivity contribution < 1.29 is 24.3 Å². The Morgan fingerprint density at radius 1 is 1.22 bits per heavy atom. The van der Waals surface area contributed by atoms with Crippen molar-refractivity contribution in [2.75, 3.05) is 34.1 Å². The third-order valence-electron chi connectivity index (χ3n) is 5.43. The largest absolute Gasteiger partial charge is 0.509 e. The van der Waals surface area contributed by atoms with Crippen LogP contribution in [0.5, 0.6) is 0 Å². The Morgan fingerprint density at radius 3 is 2.48 bits per heavy atom. The van der Waals surface area contributed by atoms with Crippen LogP contribution in [0.1, 0.15) is 29.5 Å². The molecular weight excluding hydrogens is 372 g/mol. The van der Waals surface area contributed by atoms with Crippen LogP contribution in [-0.2, 0) is 19.2 Å². The Bertz CT molecular complexity index is 772. The number of aliphatic hydroxyl groups is 1. The van der Waals surface area contributed by atoms with Crippen LogP contribution in [0.2, 0.25) is 5.02 Å². The molecule has 2 aliphatic rings. The summed E-state index contributed by atoms with van der Waals surface area (Å²) in [6.07, 6.45) is 0.953. The van der Waals surface area contributed by atoms with Crippen molar-refractivity contribution in [3.8, 4) is 0 Å². The molecule has 1 aromatic carbocycles. The van der Waals surface area contributed by atoms with E-state index >= 15 is 0 Å². The number of piperidine rings is 1. The predicted octanol–water partition coefficient (Wildman–Crippen LogP) is 3.00. The molecule has 0 aliphatic carbocycles. The Balaban J connectivity index is 2.11. The number of methoxy groups -OCH3 is 1. The number of ether oxygens (including phenoxy) is 1. The molecule has 1 spiro atoms. The Kier molecular flexibility index (Phi) is 5.79. The minimum atomic E-state index is -0.943. The molecule has 0 bridgehead atoms. The van der Waals surface area contributed by atoms with E-state index in [0.29, 0.717) is 36.5 Å². The summed E-state index contributed by atoms with van der Waals surface area (Å²) in [7, 11) is 3.09. The molecule has 0 radical (unpaired) electrons. The Labute approximate surface area is 164 Å². The highest BCUT2D eigenvalue weighted by atomic mass is 35.5. The zero-order chi connectivity index (χ0) is 19.8. The van der Waals surface area contributed by atoms with Crippen molar-refractivity contribution in [3.05, 3.63) is 39.6 Å². The third kappa shape index (κ3) is 3.23. The number of aliphatic hydroxyl groups excluding tert-OH is 1. The number of carbonyl (C=O) groups is 1. The highest BCUT2D eigenvalue weighted by Crippen LogP contribution is 2.47. The number of benzene rings is 1. The number of rotatable bonds is 5. The van der Waals surface area contributed by atoms with Crippen molar-refractivity contribution in [2.24, 2.45) is 0 Å². The van der Waals surface area contributed by atoms with Crippen LogP contribution in [0.15, 0.2) is 17.9 Å². The van der Waals surface area contributed by atoms with E-state index in [1.54, 1.807) is 18.2 Å². The van der Waals surface area contributed by atoms with Gasteiger partial charge in [-0.15, -0.1) is 0 Å². The van der Waals surface area contributed by atoms with Gasteiger partial charge >= 0.3 is 0 Å². The monoisotopic (exact) mass is 396 g/mol. The zero-order valence-electron chi connectivity index (χ0n) is 16.0. The SMILES string of the molecule is COCON1C(=O)C(c2c(C)ccc(Cl)c2C)=C(O)C12CCN(OC)CC2. The number of aryl methyl sites for hydroxylation is 1. The van der Waals surface area contributed by atoms with Crippen LogP contribution >= 0.6 is 11.6 Å². The van der Waals surface area contributed by atoms with Crippen molar-refractivity contribution in [2.45, 2.75) is 32.2 Å². The van der Waals surface area contributed by atoms with Crippen LogP contribution < -0.4 is 0 Å². The van der Waals surface area contributed by atoms with Gasteiger partial charge in [0.25, 0.3) is 5.91 Å². The maximum atomic E-state index is 13.3. The number of hydroxylamine groups is 4. The molecule has 8 heteroatoms. The van der Waals surface area contributed by atoms with Crippen molar-refractivity contribution in [3.63, 3.8) is 0 Å². The fraction of sp³-hybridized carbons (Fsp3) is 0.526. The molecule has 1 amide bonds. The highest BCUT2D eigenvalue weighted by molar-refractivity contribution is 6.32. The van der Waals surface area contributed by atoms with E-state index < -0.39 is 5.54 Å².